The van der Waals surface area contributed by atoms with E-state index in [9.17, 15) is 4.79 Å². The summed E-state index contributed by atoms with van der Waals surface area (Å²) in [6.07, 6.45) is 0. The average molecular weight is 386 g/mol. The summed E-state index contributed by atoms with van der Waals surface area (Å²) in [5.74, 6) is 0.542. The van der Waals surface area contributed by atoms with Crippen molar-refractivity contribution < 1.29 is 19.6 Å². The van der Waals surface area contributed by atoms with Gasteiger partial charge >= 0.3 is 0 Å². The topological polar surface area (TPSA) is 78.2 Å². The summed E-state index contributed by atoms with van der Waals surface area (Å²) in [6.45, 7) is 1.58. The molecule has 0 atom stereocenters. The van der Waals surface area contributed by atoms with Crippen molar-refractivity contribution in [2.45, 2.75) is 13.1 Å². The van der Waals surface area contributed by atoms with Crippen LogP contribution in [0.1, 0.15) is 10.4 Å². The molecule has 0 aliphatic heterocycles. The van der Waals surface area contributed by atoms with Gasteiger partial charge in [0.2, 0.25) is 0 Å². The van der Waals surface area contributed by atoms with Crippen LogP contribution >= 0.6 is 27.3 Å². The van der Waals surface area contributed by atoms with E-state index in [0.717, 1.165) is 23.1 Å². The number of primary amides is 1. The van der Waals surface area contributed by atoms with Crippen molar-refractivity contribution in [1.29, 1.82) is 0 Å². The first-order valence-corrected chi connectivity index (χ1v) is 8.39. The average Bonchev–Trinajstić information content (AvgIpc) is 2.98. The maximum Gasteiger partial charge on any atom is 0.255 e. The molecular weight excluding hydrogens is 368 g/mol. The second-order valence-corrected chi connectivity index (χ2v) is 6.53. The number of thiophene rings is 1. The molecule has 4 N–H and O–H groups in total. The van der Waals surface area contributed by atoms with Gasteiger partial charge in [0.1, 0.15) is 13.1 Å². The minimum absolute atomic E-state index is 0.182. The fraction of sp³-hybridized carbons (Fsp3) is 0.267. The number of nitrogens with two attached hydrogens (primary N) is 2. The van der Waals surface area contributed by atoms with Crippen LogP contribution in [0, 0.1) is 0 Å². The van der Waals surface area contributed by atoms with E-state index < -0.39 is 5.91 Å². The lowest BCUT2D eigenvalue weighted by molar-refractivity contribution is -0.685. The SMILES string of the molecule is COc1cc(C[NH2+]Cc2cccs2)cc(Br)c1OCC(N)=O. The molecule has 0 fully saturated rings. The Balaban J connectivity index is 2.03. The number of ether oxygens (including phenoxy) is 2. The van der Waals surface area contributed by atoms with Gasteiger partial charge in [-0.15, -0.1) is 11.3 Å². The summed E-state index contributed by atoms with van der Waals surface area (Å²) in [5, 5.41) is 4.30. The number of quaternary nitrogens is 1. The van der Waals surface area contributed by atoms with Gasteiger partial charge in [0.25, 0.3) is 5.91 Å². The number of amides is 1. The molecule has 2 rings (SSSR count). The Labute approximate surface area is 141 Å². The van der Waals surface area contributed by atoms with E-state index in [0.29, 0.717) is 11.5 Å². The van der Waals surface area contributed by atoms with Crippen molar-refractivity contribution in [3.05, 3.63) is 44.6 Å². The van der Waals surface area contributed by atoms with Crippen LogP contribution in [-0.4, -0.2) is 19.6 Å². The zero-order valence-corrected chi connectivity index (χ0v) is 14.6. The number of halogens is 1. The largest absolute Gasteiger partial charge is 0.493 e. The second kappa shape index (κ2) is 8.17. The number of benzene rings is 1. The maximum atomic E-state index is 10.8. The van der Waals surface area contributed by atoms with Crippen LogP contribution in [0.25, 0.3) is 0 Å². The van der Waals surface area contributed by atoms with E-state index in [1.54, 1.807) is 18.4 Å². The molecule has 2 aromatic rings. The summed E-state index contributed by atoms with van der Waals surface area (Å²) in [5.41, 5.74) is 6.20. The minimum Gasteiger partial charge on any atom is -0.493 e. The molecule has 0 saturated carbocycles. The number of hydrogen-bond acceptors (Lipinski definition) is 4. The molecule has 1 aromatic carbocycles. The molecule has 22 heavy (non-hydrogen) atoms. The molecule has 7 heteroatoms. The molecule has 1 aromatic heterocycles. The predicted octanol–water partition coefficient (Wildman–Crippen LogP) is 1.65. The molecule has 0 spiro atoms. The van der Waals surface area contributed by atoms with Crippen LogP contribution in [0.5, 0.6) is 11.5 Å². The Kier molecular flexibility index (Phi) is 6.23. The summed E-state index contributed by atoms with van der Waals surface area (Å²) < 4.78 is 11.5. The van der Waals surface area contributed by atoms with E-state index in [4.69, 9.17) is 15.2 Å². The molecule has 0 saturated heterocycles. The van der Waals surface area contributed by atoms with Crippen molar-refractivity contribution in [3.63, 3.8) is 0 Å². The third-order valence-electron chi connectivity index (χ3n) is 2.95. The molecular formula is C15H18BrN2O3S+. The Morgan fingerprint density at radius 3 is 2.86 bits per heavy atom. The third-order valence-corrected chi connectivity index (χ3v) is 4.44. The van der Waals surface area contributed by atoms with Crippen LogP contribution in [0.2, 0.25) is 0 Å². The molecule has 1 heterocycles. The summed E-state index contributed by atoms with van der Waals surface area (Å²) >= 11 is 5.20. The zero-order chi connectivity index (χ0) is 15.9. The van der Waals surface area contributed by atoms with Gasteiger partial charge in [0, 0.05) is 5.56 Å². The zero-order valence-electron chi connectivity index (χ0n) is 12.2. The number of carbonyl (C=O) groups excluding carboxylic acids is 1. The Morgan fingerprint density at radius 2 is 2.23 bits per heavy atom. The number of rotatable bonds is 8. The number of hydrogen-bond donors (Lipinski definition) is 2. The van der Waals surface area contributed by atoms with Gasteiger partial charge < -0.3 is 20.5 Å². The monoisotopic (exact) mass is 385 g/mol. The summed E-state index contributed by atoms with van der Waals surface area (Å²) in [6, 6.07) is 8.05. The molecule has 0 radical (unpaired) electrons. The van der Waals surface area contributed by atoms with Gasteiger partial charge in [-0.25, -0.2) is 0 Å². The summed E-state index contributed by atoms with van der Waals surface area (Å²) in [7, 11) is 1.57. The van der Waals surface area contributed by atoms with Crippen LogP contribution in [0.4, 0.5) is 0 Å². The van der Waals surface area contributed by atoms with Gasteiger partial charge in [0.15, 0.2) is 18.1 Å². The quantitative estimate of drug-likeness (QED) is 0.724. The lowest BCUT2D eigenvalue weighted by Crippen LogP contribution is -2.80. The second-order valence-electron chi connectivity index (χ2n) is 4.64. The first kappa shape index (κ1) is 16.8. The van der Waals surface area contributed by atoms with Gasteiger partial charge in [0.05, 0.1) is 16.5 Å². The highest BCUT2D eigenvalue weighted by Gasteiger charge is 2.13. The fourth-order valence-electron chi connectivity index (χ4n) is 1.98. The lowest BCUT2D eigenvalue weighted by atomic mass is 10.2. The lowest BCUT2D eigenvalue weighted by Gasteiger charge is -2.13. The van der Waals surface area contributed by atoms with Crippen molar-refractivity contribution in [2.75, 3.05) is 13.7 Å². The molecule has 1 amide bonds. The Bertz CT molecular complexity index is 632. The van der Waals surface area contributed by atoms with Gasteiger partial charge in [-0.05, 0) is 39.5 Å². The molecule has 0 bridgehead atoms. The molecule has 0 unspecified atom stereocenters. The highest BCUT2D eigenvalue weighted by Crippen LogP contribution is 2.36. The number of methoxy groups -OCH3 is 1. The molecule has 0 aliphatic rings. The van der Waals surface area contributed by atoms with E-state index in [2.05, 4.69) is 38.8 Å². The molecule has 0 aliphatic carbocycles. The van der Waals surface area contributed by atoms with Gasteiger partial charge in [-0.3, -0.25) is 4.79 Å². The molecule has 5 nitrogen and oxygen atoms in total. The van der Waals surface area contributed by atoms with Gasteiger partial charge in [-0.2, -0.15) is 0 Å². The standard InChI is InChI=1S/C15H17BrN2O3S/c1-20-13-6-10(7-18-8-11-3-2-4-22-11)5-12(16)15(13)21-9-14(17)19/h2-6,18H,7-9H2,1H3,(H2,17,19)/p+1. The normalized spacial score (nSPS) is 10.5. The van der Waals surface area contributed by atoms with Crippen LogP contribution in [-0.2, 0) is 17.9 Å². The van der Waals surface area contributed by atoms with E-state index in [1.165, 1.54) is 4.88 Å². The van der Waals surface area contributed by atoms with Crippen LogP contribution in [0.15, 0.2) is 34.1 Å². The van der Waals surface area contributed by atoms with E-state index in [-0.39, 0.29) is 6.61 Å². The minimum atomic E-state index is -0.526. The first-order valence-electron chi connectivity index (χ1n) is 6.71. The van der Waals surface area contributed by atoms with E-state index >= 15 is 0 Å². The number of carbonyl (C=O) groups is 1. The summed E-state index contributed by atoms with van der Waals surface area (Å²) in [4.78, 5) is 12.2. The fourth-order valence-corrected chi connectivity index (χ4v) is 3.29. The maximum absolute atomic E-state index is 10.8. The Morgan fingerprint density at radius 1 is 1.41 bits per heavy atom. The molecule has 118 valence electrons. The van der Waals surface area contributed by atoms with Crippen LogP contribution < -0.4 is 20.5 Å². The third kappa shape index (κ3) is 4.72. The highest BCUT2D eigenvalue weighted by atomic mass is 79.9. The van der Waals surface area contributed by atoms with Gasteiger partial charge in [-0.1, -0.05) is 6.07 Å². The van der Waals surface area contributed by atoms with Crippen molar-refractivity contribution in [2.24, 2.45) is 5.73 Å². The van der Waals surface area contributed by atoms with Crippen molar-refractivity contribution in [1.82, 2.24) is 0 Å². The predicted molar refractivity (Wildman–Crippen MR) is 89.0 cm³/mol. The van der Waals surface area contributed by atoms with Crippen LogP contribution in [0.3, 0.4) is 0 Å². The van der Waals surface area contributed by atoms with E-state index in [1.807, 2.05) is 12.1 Å². The van der Waals surface area contributed by atoms with Crippen molar-refractivity contribution in [3.8, 4) is 11.5 Å². The first-order chi connectivity index (χ1) is 10.6. The van der Waals surface area contributed by atoms with Crippen molar-refractivity contribution >= 4 is 33.2 Å². The Hall–Kier alpha value is -1.57. The highest BCUT2D eigenvalue weighted by molar-refractivity contribution is 9.10. The smallest absolute Gasteiger partial charge is 0.255 e.